The van der Waals surface area contributed by atoms with Crippen LogP contribution in [-0.2, 0) is 14.4 Å². The summed E-state index contributed by atoms with van der Waals surface area (Å²) in [4.78, 5) is 37.6. The second-order valence-corrected chi connectivity index (χ2v) is 15.1. The molecule has 5 aliphatic rings. The number of rotatable bonds is 5. The van der Waals surface area contributed by atoms with Gasteiger partial charge in [0, 0.05) is 0 Å². The summed E-state index contributed by atoms with van der Waals surface area (Å²) in [5, 5.41) is 33.3. The summed E-state index contributed by atoms with van der Waals surface area (Å²) < 4.78 is 0. The summed E-state index contributed by atoms with van der Waals surface area (Å²) in [6, 6.07) is 0. The van der Waals surface area contributed by atoms with Gasteiger partial charge in [-0.15, -0.1) is 0 Å². The Bertz CT molecular complexity index is 1090. The van der Waals surface area contributed by atoms with Gasteiger partial charge in [0.15, 0.2) is 0 Å². The highest BCUT2D eigenvalue weighted by molar-refractivity contribution is 5.86. The van der Waals surface area contributed by atoms with E-state index in [4.69, 9.17) is 0 Å². The second-order valence-electron chi connectivity index (χ2n) is 15.1. The van der Waals surface area contributed by atoms with Crippen molar-refractivity contribution < 1.29 is 29.7 Å². The van der Waals surface area contributed by atoms with Crippen LogP contribution in [0.1, 0.15) is 98.8 Å². The summed E-state index contributed by atoms with van der Waals surface area (Å²) >= 11 is 0. The molecule has 0 bridgehead atoms. The summed E-state index contributed by atoms with van der Waals surface area (Å²) in [7, 11) is 0. The number of amides is 1. The average Bonchev–Trinajstić information content (AvgIpc) is 3.26. The SMILES string of the molecule is C=C(C)[C@@H]1CC[C@]2(C(=O)NCC(=O)O)CC[C@]3(C)[C@H](CC[C@@H]4[C@@]5(C)CC[C@@H](O)[C@@](C)(C(=O)O)[C@@H]5CC[C@]43C)[C@@H]12. The van der Waals surface area contributed by atoms with Gasteiger partial charge in [0.05, 0.1) is 16.9 Å². The monoisotopic (exact) mass is 543 g/mol. The highest BCUT2D eigenvalue weighted by atomic mass is 16.4. The van der Waals surface area contributed by atoms with E-state index in [2.05, 4.69) is 39.6 Å². The summed E-state index contributed by atoms with van der Waals surface area (Å²) in [5.74, 6) is -0.983. The molecule has 0 heterocycles. The van der Waals surface area contributed by atoms with Crippen LogP contribution in [0.5, 0.6) is 0 Å². The van der Waals surface area contributed by atoms with Crippen LogP contribution in [0.25, 0.3) is 0 Å². The van der Waals surface area contributed by atoms with Crippen molar-refractivity contribution in [2.45, 2.75) is 105 Å². The maximum atomic E-state index is 13.7. The van der Waals surface area contributed by atoms with E-state index in [-0.39, 0.29) is 46.5 Å². The minimum atomic E-state index is -1.13. The van der Waals surface area contributed by atoms with Crippen molar-refractivity contribution in [2.75, 3.05) is 6.54 Å². The van der Waals surface area contributed by atoms with Crippen molar-refractivity contribution in [3.63, 3.8) is 0 Å². The van der Waals surface area contributed by atoms with Crippen molar-refractivity contribution >= 4 is 17.8 Å². The summed E-state index contributed by atoms with van der Waals surface area (Å²) in [6.07, 6.45) is 7.65. The largest absolute Gasteiger partial charge is 0.481 e. The number of hydrogen-bond donors (Lipinski definition) is 4. The van der Waals surface area contributed by atoms with Gasteiger partial charge < -0.3 is 20.6 Å². The van der Waals surface area contributed by atoms with E-state index in [9.17, 15) is 29.7 Å². The van der Waals surface area contributed by atoms with Gasteiger partial charge in [-0.2, -0.15) is 0 Å². The second kappa shape index (κ2) is 9.06. The molecule has 11 atom stereocenters. The van der Waals surface area contributed by atoms with E-state index in [0.717, 1.165) is 63.4 Å². The first kappa shape index (κ1) is 28.6. The minimum Gasteiger partial charge on any atom is -0.481 e. The van der Waals surface area contributed by atoms with Gasteiger partial charge in [-0.3, -0.25) is 14.4 Å². The van der Waals surface area contributed by atoms with Crippen molar-refractivity contribution in [3.8, 4) is 0 Å². The van der Waals surface area contributed by atoms with Gasteiger partial charge in [0.25, 0.3) is 0 Å². The molecule has 7 nitrogen and oxygen atoms in total. The van der Waals surface area contributed by atoms with Crippen LogP contribution in [0.2, 0.25) is 0 Å². The average molecular weight is 544 g/mol. The lowest BCUT2D eigenvalue weighted by Gasteiger charge is -2.72. The summed E-state index contributed by atoms with van der Waals surface area (Å²) in [5.41, 5.74) is -0.743. The Balaban J connectivity index is 1.54. The van der Waals surface area contributed by atoms with Crippen LogP contribution in [0.4, 0.5) is 0 Å². The zero-order valence-corrected chi connectivity index (χ0v) is 24.5. The Morgan fingerprint density at radius 3 is 2.15 bits per heavy atom. The predicted octanol–water partition coefficient (Wildman–Crippen LogP) is 5.27. The zero-order chi connectivity index (χ0) is 28.8. The zero-order valence-electron chi connectivity index (χ0n) is 24.5. The molecule has 0 aliphatic heterocycles. The number of carbonyl (C=O) groups excluding carboxylic acids is 1. The van der Waals surface area contributed by atoms with Crippen LogP contribution in [0.3, 0.4) is 0 Å². The number of aliphatic hydroxyl groups excluding tert-OH is 1. The lowest BCUT2D eigenvalue weighted by molar-refractivity contribution is -0.249. The highest BCUT2D eigenvalue weighted by Crippen LogP contribution is 2.77. The molecule has 0 saturated heterocycles. The molecule has 4 N–H and O–H groups in total. The maximum Gasteiger partial charge on any atom is 0.322 e. The third-order valence-corrected chi connectivity index (χ3v) is 14.0. The fourth-order valence-electron chi connectivity index (χ4n) is 11.8. The molecular formula is C32H49NO6. The fourth-order valence-corrected chi connectivity index (χ4v) is 11.8. The van der Waals surface area contributed by atoms with Crippen LogP contribution < -0.4 is 5.32 Å². The van der Waals surface area contributed by atoms with E-state index >= 15 is 0 Å². The molecule has 5 aliphatic carbocycles. The first-order valence-electron chi connectivity index (χ1n) is 15.2. The number of carboxylic acids is 2. The molecule has 0 radical (unpaired) electrons. The lowest BCUT2D eigenvalue weighted by Crippen LogP contribution is -2.68. The molecule has 0 aromatic heterocycles. The highest BCUT2D eigenvalue weighted by Gasteiger charge is 2.72. The fraction of sp³-hybridized carbons (Fsp3) is 0.844. The van der Waals surface area contributed by atoms with Gasteiger partial charge in [0.2, 0.25) is 5.91 Å². The van der Waals surface area contributed by atoms with Crippen LogP contribution in [0.15, 0.2) is 12.2 Å². The standard InChI is InChI=1S/C32H49NO6/c1-18(2)19-9-14-32(26(37)33-17-24(35)36)16-15-29(4)20(25(19)32)7-8-21-28(3)12-11-23(34)31(6,27(38)39)22(28)10-13-30(21,29)5/h19-23,25,34H,1,7-17H2,2-6H3,(H,33,37)(H,35,36)(H,38,39)/t19-,20+,21+,22+,23+,25+,28+,29+,30+,31-,32-/m0/s1. The van der Waals surface area contributed by atoms with Crippen molar-refractivity contribution in [1.82, 2.24) is 5.32 Å². The molecule has 1 amide bonds. The first-order valence-corrected chi connectivity index (χ1v) is 15.2. The number of aliphatic carboxylic acids is 2. The Morgan fingerprint density at radius 2 is 1.54 bits per heavy atom. The van der Waals surface area contributed by atoms with Crippen LogP contribution in [-0.4, -0.2) is 45.8 Å². The van der Waals surface area contributed by atoms with Crippen LogP contribution >= 0.6 is 0 Å². The van der Waals surface area contributed by atoms with E-state index in [1.807, 2.05) is 0 Å². The number of nitrogens with one attached hydrogen (secondary N) is 1. The number of carbonyl (C=O) groups is 3. The molecule has 0 unspecified atom stereocenters. The van der Waals surface area contributed by atoms with E-state index in [1.54, 1.807) is 6.92 Å². The van der Waals surface area contributed by atoms with Gasteiger partial charge in [-0.05, 0) is 124 Å². The number of hydrogen-bond acceptors (Lipinski definition) is 4. The smallest absolute Gasteiger partial charge is 0.322 e. The predicted molar refractivity (Wildman–Crippen MR) is 148 cm³/mol. The van der Waals surface area contributed by atoms with E-state index < -0.39 is 28.9 Å². The van der Waals surface area contributed by atoms with Crippen molar-refractivity contribution in [3.05, 3.63) is 12.2 Å². The topological polar surface area (TPSA) is 124 Å². The normalized spacial score (nSPS) is 50.5. The number of allylic oxidation sites excluding steroid dienone is 1. The molecule has 0 spiro atoms. The third kappa shape index (κ3) is 3.59. The Kier molecular flexibility index (Phi) is 6.65. The summed E-state index contributed by atoms with van der Waals surface area (Å²) in [6.45, 7) is 15.1. The minimum absolute atomic E-state index is 0.00517. The molecule has 39 heavy (non-hydrogen) atoms. The number of carboxylic acid groups (broad SMARTS) is 2. The van der Waals surface area contributed by atoms with E-state index in [1.165, 1.54) is 0 Å². The van der Waals surface area contributed by atoms with Gasteiger partial charge in [-0.25, -0.2) is 0 Å². The van der Waals surface area contributed by atoms with Gasteiger partial charge >= 0.3 is 11.9 Å². The molecule has 5 rings (SSSR count). The third-order valence-electron chi connectivity index (χ3n) is 14.0. The quantitative estimate of drug-likeness (QED) is 0.350. The van der Waals surface area contributed by atoms with Crippen molar-refractivity contribution in [1.29, 1.82) is 0 Å². The molecule has 0 aromatic rings. The molecule has 7 heteroatoms. The lowest BCUT2D eigenvalue weighted by atomic mass is 9.32. The first-order chi connectivity index (χ1) is 18.1. The van der Waals surface area contributed by atoms with Crippen molar-refractivity contribution in [2.24, 2.45) is 56.7 Å². The van der Waals surface area contributed by atoms with Gasteiger partial charge in [-0.1, -0.05) is 32.9 Å². The Hall–Kier alpha value is -1.89. The Labute approximate surface area is 233 Å². The van der Waals surface area contributed by atoms with Crippen LogP contribution in [0, 0.1) is 56.7 Å². The maximum absolute atomic E-state index is 13.7. The molecule has 5 saturated carbocycles. The number of fused-ring (bicyclic) bond motifs is 7. The molecule has 0 aromatic carbocycles. The molecular weight excluding hydrogens is 494 g/mol. The van der Waals surface area contributed by atoms with Gasteiger partial charge in [0.1, 0.15) is 6.54 Å². The molecule has 218 valence electrons. The van der Waals surface area contributed by atoms with E-state index in [0.29, 0.717) is 18.3 Å². The number of aliphatic hydroxyl groups is 1. The molecule has 5 fully saturated rings. The Morgan fingerprint density at radius 1 is 0.846 bits per heavy atom.